The zero-order chi connectivity index (χ0) is 39.7. The van der Waals surface area contributed by atoms with Gasteiger partial charge in [0.05, 0.1) is 0 Å². The normalized spacial score (nSPS) is 12.6. The molecule has 0 amide bonds. The van der Waals surface area contributed by atoms with E-state index in [9.17, 15) is 14.4 Å². The van der Waals surface area contributed by atoms with Crippen LogP contribution < -0.4 is 0 Å². The van der Waals surface area contributed by atoms with Gasteiger partial charge in [0.15, 0.2) is 6.10 Å². The largest absolute Gasteiger partial charge is 0.462 e. The second-order valence-corrected chi connectivity index (χ2v) is 17.1. The van der Waals surface area contributed by atoms with E-state index in [0.717, 1.165) is 69.6 Å². The first kappa shape index (κ1) is 52.4. The Morgan fingerprint density at radius 2 is 0.704 bits per heavy atom. The van der Waals surface area contributed by atoms with Gasteiger partial charge in [-0.3, -0.25) is 14.4 Å². The zero-order valence-corrected chi connectivity index (χ0v) is 36.8. The fourth-order valence-corrected chi connectivity index (χ4v) is 7.07. The third-order valence-electron chi connectivity index (χ3n) is 11.1. The molecule has 54 heavy (non-hydrogen) atoms. The number of esters is 3. The van der Waals surface area contributed by atoms with Crippen LogP contribution >= 0.6 is 0 Å². The average Bonchev–Trinajstić information content (AvgIpc) is 3.15. The van der Waals surface area contributed by atoms with Gasteiger partial charge in [-0.05, 0) is 31.1 Å². The predicted molar refractivity (Wildman–Crippen MR) is 229 cm³/mol. The molecule has 0 spiro atoms. The van der Waals surface area contributed by atoms with Crippen LogP contribution in [0.2, 0.25) is 0 Å². The van der Waals surface area contributed by atoms with Crippen LogP contribution in [0.3, 0.4) is 0 Å². The summed E-state index contributed by atoms with van der Waals surface area (Å²) >= 11 is 0. The van der Waals surface area contributed by atoms with Crippen molar-refractivity contribution in [3.05, 3.63) is 0 Å². The predicted octanol–water partition coefficient (Wildman–Crippen LogP) is 15.0. The molecular formula is C48H92O6. The quantitative estimate of drug-likeness (QED) is 0.0350. The number of hydrogen-bond acceptors (Lipinski definition) is 6. The van der Waals surface area contributed by atoms with E-state index in [1.54, 1.807) is 0 Å². The number of carbonyl (C=O) groups excluding carboxylic acids is 3. The van der Waals surface area contributed by atoms with Crippen molar-refractivity contribution in [2.75, 3.05) is 13.2 Å². The van der Waals surface area contributed by atoms with Crippen molar-refractivity contribution in [3.63, 3.8) is 0 Å². The minimum absolute atomic E-state index is 0.0666. The Morgan fingerprint density at radius 1 is 0.389 bits per heavy atom. The SMILES string of the molecule is CCCCCCCCCCCCCCCCCCCC(=O)O[C@H](COC(=O)CCCCCCCCC(C)C)COC(=O)CCCCCCCCC(C)CC. The third-order valence-corrected chi connectivity index (χ3v) is 11.1. The summed E-state index contributed by atoms with van der Waals surface area (Å²) in [4.78, 5) is 37.7. The summed E-state index contributed by atoms with van der Waals surface area (Å²) in [5, 5.41) is 0. The van der Waals surface area contributed by atoms with Gasteiger partial charge in [0.1, 0.15) is 13.2 Å². The molecule has 0 N–H and O–H groups in total. The van der Waals surface area contributed by atoms with Gasteiger partial charge in [0.2, 0.25) is 0 Å². The molecule has 2 atom stereocenters. The van der Waals surface area contributed by atoms with Crippen molar-refractivity contribution >= 4 is 17.9 Å². The monoisotopic (exact) mass is 765 g/mol. The molecule has 0 saturated heterocycles. The van der Waals surface area contributed by atoms with Crippen LogP contribution in [0.4, 0.5) is 0 Å². The molecule has 0 heterocycles. The van der Waals surface area contributed by atoms with E-state index in [1.807, 2.05) is 0 Å². The third kappa shape index (κ3) is 40.1. The van der Waals surface area contributed by atoms with Crippen molar-refractivity contribution in [1.82, 2.24) is 0 Å². The summed E-state index contributed by atoms with van der Waals surface area (Å²) in [6.45, 7) is 11.3. The molecule has 0 aromatic carbocycles. The second kappa shape index (κ2) is 41.1. The highest BCUT2D eigenvalue weighted by Crippen LogP contribution is 2.17. The van der Waals surface area contributed by atoms with Crippen molar-refractivity contribution in [1.29, 1.82) is 0 Å². The topological polar surface area (TPSA) is 78.9 Å². The summed E-state index contributed by atoms with van der Waals surface area (Å²) in [5.41, 5.74) is 0. The van der Waals surface area contributed by atoms with E-state index in [4.69, 9.17) is 14.2 Å². The van der Waals surface area contributed by atoms with Crippen LogP contribution in [0, 0.1) is 11.8 Å². The lowest BCUT2D eigenvalue weighted by Gasteiger charge is -2.18. The average molecular weight is 765 g/mol. The van der Waals surface area contributed by atoms with E-state index < -0.39 is 6.10 Å². The highest BCUT2D eigenvalue weighted by Gasteiger charge is 2.19. The van der Waals surface area contributed by atoms with Crippen molar-refractivity contribution in [2.45, 2.75) is 265 Å². The van der Waals surface area contributed by atoms with Crippen LogP contribution in [-0.2, 0) is 28.6 Å². The molecule has 0 aliphatic heterocycles. The molecular weight excluding hydrogens is 673 g/mol. The number of unbranched alkanes of at least 4 members (excludes halogenated alkanes) is 26. The van der Waals surface area contributed by atoms with E-state index in [0.29, 0.717) is 19.3 Å². The van der Waals surface area contributed by atoms with E-state index >= 15 is 0 Å². The molecule has 0 bridgehead atoms. The highest BCUT2D eigenvalue weighted by molar-refractivity contribution is 5.71. The highest BCUT2D eigenvalue weighted by atomic mass is 16.6. The summed E-state index contributed by atoms with van der Waals surface area (Å²) in [6.07, 6.45) is 39.6. The first-order valence-electron chi connectivity index (χ1n) is 23.8. The van der Waals surface area contributed by atoms with Crippen molar-refractivity contribution in [3.8, 4) is 0 Å². The van der Waals surface area contributed by atoms with E-state index in [1.165, 1.54) is 148 Å². The van der Waals surface area contributed by atoms with Crippen LogP contribution in [0.1, 0.15) is 259 Å². The summed E-state index contributed by atoms with van der Waals surface area (Å²) in [5.74, 6) is 0.715. The second-order valence-electron chi connectivity index (χ2n) is 17.1. The van der Waals surface area contributed by atoms with E-state index in [-0.39, 0.29) is 31.1 Å². The fraction of sp³-hybridized carbons (Fsp3) is 0.938. The van der Waals surface area contributed by atoms with Gasteiger partial charge in [0.25, 0.3) is 0 Å². The Kier molecular flexibility index (Phi) is 39.8. The summed E-state index contributed by atoms with van der Waals surface area (Å²) in [7, 11) is 0. The Morgan fingerprint density at radius 3 is 1.06 bits per heavy atom. The molecule has 0 rings (SSSR count). The lowest BCUT2D eigenvalue weighted by atomic mass is 10.00. The van der Waals surface area contributed by atoms with Gasteiger partial charge in [-0.25, -0.2) is 0 Å². The molecule has 0 aromatic heterocycles. The van der Waals surface area contributed by atoms with Gasteiger partial charge in [-0.1, -0.05) is 221 Å². The first-order valence-corrected chi connectivity index (χ1v) is 23.8. The Hall–Kier alpha value is -1.59. The molecule has 0 saturated carbocycles. The lowest BCUT2D eigenvalue weighted by molar-refractivity contribution is -0.167. The molecule has 0 aliphatic rings. The van der Waals surface area contributed by atoms with Gasteiger partial charge >= 0.3 is 17.9 Å². The minimum atomic E-state index is -0.761. The summed E-state index contributed by atoms with van der Waals surface area (Å²) in [6, 6.07) is 0. The standard InChI is InChI=1S/C48H92O6/c1-6-8-9-10-11-12-13-14-15-16-17-18-19-20-21-30-35-40-48(51)54-45(41-52-46(49)38-33-28-24-22-26-31-36-43(3)4)42-53-47(50)39-34-29-25-23-27-32-37-44(5)7-2/h43-45H,6-42H2,1-5H3/t44?,45-/m1/s1. The van der Waals surface area contributed by atoms with Crippen LogP contribution in [0.5, 0.6) is 0 Å². The Balaban J connectivity index is 4.28. The van der Waals surface area contributed by atoms with Crippen molar-refractivity contribution in [2.24, 2.45) is 11.8 Å². The van der Waals surface area contributed by atoms with Crippen LogP contribution in [0.15, 0.2) is 0 Å². The maximum Gasteiger partial charge on any atom is 0.306 e. The fourth-order valence-electron chi connectivity index (χ4n) is 7.07. The van der Waals surface area contributed by atoms with Crippen LogP contribution in [0.25, 0.3) is 0 Å². The maximum absolute atomic E-state index is 12.7. The smallest absolute Gasteiger partial charge is 0.306 e. The van der Waals surface area contributed by atoms with Gasteiger partial charge in [-0.15, -0.1) is 0 Å². The van der Waals surface area contributed by atoms with Gasteiger partial charge < -0.3 is 14.2 Å². The number of hydrogen-bond donors (Lipinski definition) is 0. The van der Waals surface area contributed by atoms with Crippen molar-refractivity contribution < 1.29 is 28.6 Å². The molecule has 6 heteroatoms. The Bertz CT molecular complexity index is 826. The van der Waals surface area contributed by atoms with E-state index in [2.05, 4.69) is 34.6 Å². The molecule has 1 unspecified atom stereocenters. The number of ether oxygens (including phenoxy) is 3. The zero-order valence-electron chi connectivity index (χ0n) is 36.8. The first-order chi connectivity index (χ1) is 26.3. The van der Waals surface area contributed by atoms with Gasteiger partial charge in [0, 0.05) is 19.3 Å². The summed E-state index contributed by atoms with van der Waals surface area (Å²) < 4.78 is 16.7. The molecule has 320 valence electrons. The molecule has 6 nitrogen and oxygen atoms in total. The van der Waals surface area contributed by atoms with Crippen LogP contribution in [-0.4, -0.2) is 37.2 Å². The van der Waals surface area contributed by atoms with Gasteiger partial charge in [-0.2, -0.15) is 0 Å². The lowest BCUT2D eigenvalue weighted by Crippen LogP contribution is -2.30. The molecule has 0 radical (unpaired) electrons. The molecule has 0 aliphatic carbocycles. The Labute approximate surface area is 336 Å². The minimum Gasteiger partial charge on any atom is -0.462 e. The molecule has 0 aromatic rings. The number of carbonyl (C=O) groups is 3. The number of rotatable bonds is 42. The maximum atomic E-state index is 12.7. The molecule has 0 fully saturated rings.